The number of sulfonamides is 1. The first kappa shape index (κ1) is 24.6. The molecular weight excluding hydrogens is 468 g/mol. The maximum Gasteiger partial charge on any atom is 0.267 e. The van der Waals surface area contributed by atoms with E-state index in [-0.39, 0.29) is 4.90 Å². The summed E-state index contributed by atoms with van der Waals surface area (Å²) in [5.41, 5.74) is 1.66. The Morgan fingerprint density at radius 3 is 2.54 bits per heavy atom. The number of nitrogens with one attached hydrogen (secondary N) is 1. The number of nitrogens with zero attached hydrogens (tertiary/aromatic N) is 3. The lowest BCUT2D eigenvalue weighted by Gasteiger charge is -2.18. The number of carbonyl (C=O) groups is 1. The summed E-state index contributed by atoms with van der Waals surface area (Å²) in [6.45, 7) is 4.35. The fraction of sp³-hybridized carbons (Fsp3) is 0.320. The molecule has 1 aliphatic heterocycles. The highest BCUT2D eigenvalue weighted by Crippen LogP contribution is 2.28. The van der Waals surface area contributed by atoms with Crippen LogP contribution in [-0.2, 0) is 14.8 Å². The minimum absolute atomic E-state index is 0.222. The number of benzene rings is 2. The van der Waals surface area contributed by atoms with E-state index in [1.165, 1.54) is 23.5 Å². The van der Waals surface area contributed by atoms with Crippen molar-refractivity contribution in [3.63, 3.8) is 0 Å². The van der Waals surface area contributed by atoms with E-state index in [2.05, 4.69) is 10.4 Å². The van der Waals surface area contributed by atoms with E-state index in [4.69, 9.17) is 4.74 Å². The lowest BCUT2D eigenvalue weighted by Crippen LogP contribution is -2.33. The van der Waals surface area contributed by atoms with Crippen LogP contribution in [0.5, 0.6) is 5.75 Å². The zero-order valence-corrected chi connectivity index (χ0v) is 20.7. The van der Waals surface area contributed by atoms with Crippen LogP contribution in [-0.4, -0.2) is 48.6 Å². The molecule has 0 radical (unpaired) electrons. The van der Waals surface area contributed by atoms with Crippen molar-refractivity contribution in [2.75, 3.05) is 25.5 Å². The van der Waals surface area contributed by atoms with Gasteiger partial charge in [-0.15, -0.1) is 0 Å². The molecular formula is C25H28N4O5S. The Kier molecular flexibility index (Phi) is 7.04. The number of aryl methyl sites for hydroxylation is 1. The number of amides is 1. The zero-order chi connectivity index (χ0) is 25.2. The van der Waals surface area contributed by atoms with Crippen LogP contribution in [0.4, 0.5) is 5.69 Å². The van der Waals surface area contributed by atoms with Gasteiger partial charge in [0, 0.05) is 36.5 Å². The lowest BCUT2D eigenvalue weighted by atomic mass is 10.1. The summed E-state index contributed by atoms with van der Waals surface area (Å²) in [5.74, 6) is 0.165. The molecule has 1 atom stereocenters. The number of hydrogen-bond donors (Lipinski definition) is 1. The normalized spacial score (nSPS) is 15.1. The number of hydrogen-bond acceptors (Lipinski definition) is 6. The van der Waals surface area contributed by atoms with Crippen molar-refractivity contribution in [3.05, 3.63) is 70.5 Å². The zero-order valence-electron chi connectivity index (χ0n) is 19.9. The van der Waals surface area contributed by atoms with Crippen LogP contribution in [0.2, 0.25) is 0 Å². The molecule has 3 aromatic rings. The fourth-order valence-electron chi connectivity index (χ4n) is 4.02. The second kappa shape index (κ2) is 10.0. The Labute approximate surface area is 204 Å². The minimum Gasteiger partial charge on any atom is -0.497 e. The van der Waals surface area contributed by atoms with Gasteiger partial charge in [0.1, 0.15) is 11.8 Å². The quantitative estimate of drug-likeness (QED) is 0.538. The van der Waals surface area contributed by atoms with Crippen molar-refractivity contribution in [2.24, 2.45) is 0 Å². The van der Waals surface area contributed by atoms with Gasteiger partial charge in [-0.05, 0) is 56.5 Å². The lowest BCUT2D eigenvalue weighted by molar-refractivity contribution is -0.119. The van der Waals surface area contributed by atoms with Crippen molar-refractivity contribution < 1.29 is 17.9 Å². The van der Waals surface area contributed by atoms with E-state index in [1.54, 1.807) is 56.3 Å². The maximum absolute atomic E-state index is 13.2. The summed E-state index contributed by atoms with van der Waals surface area (Å²) in [6, 6.07) is 13.9. The molecule has 1 fully saturated rings. The predicted octanol–water partition coefficient (Wildman–Crippen LogP) is 3.21. The third-order valence-electron chi connectivity index (χ3n) is 6.08. The van der Waals surface area contributed by atoms with Gasteiger partial charge in [-0.1, -0.05) is 18.2 Å². The summed E-state index contributed by atoms with van der Waals surface area (Å²) in [6.07, 6.45) is 1.69. The van der Waals surface area contributed by atoms with Gasteiger partial charge in [0.05, 0.1) is 17.7 Å². The number of anilines is 1. The molecule has 4 rings (SSSR count). The Morgan fingerprint density at radius 1 is 1.09 bits per heavy atom. The molecule has 2 heterocycles. The Bertz CT molecular complexity index is 1410. The topological polar surface area (TPSA) is 111 Å². The first-order valence-electron chi connectivity index (χ1n) is 11.4. The van der Waals surface area contributed by atoms with Gasteiger partial charge in [-0.2, -0.15) is 9.40 Å². The van der Waals surface area contributed by atoms with Crippen LogP contribution in [0.3, 0.4) is 0 Å². The molecule has 1 saturated heterocycles. The second-order valence-corrected chi connectivity index (χ2v) is 10.4. The average molecular weight is 497 g/mol. The molecule has 1 N–H and O–H groups in total. The van der Waals surface area contributed by atoms with Gasteiger partial charge < -0.3 is 10.1 Å². The Hall–Kier alpha value is -3.50. The van der Waals surface area contributed by atoms with Crippen LogP contribution >= 0.6 is 0 Å². The molecule has 0 bridgehead atoms. The molecule has 35 heavy (non-hydrogen) atoms. The standard InChI is InChI=1S/C25H28N4O5S/c1-17-9-10-19(15-23(17)35(32,33)28-13-4-5-14-28)22-11-12-24(30)29(27-22)18(2)25(31)26-20-7-6-8-21(16-20)34-3/h6-12,15-16,18H,4-5,13-14H2,1-3H3,(H,26,31)/t18-/m1/s1. The van der Waals surface area contributed by atoms with Gasteiger partial charge in [0.25, 0.3) is 5.56 Å². The SMILES string of the molecule is COc1cccc(NC(=O)[C@@H](C)n2nc(-c3ccc(C)c(S(=O)(=O)N4CCCC4)c3)ccc2=O)c1. The summed E-state index contributed by atoms with van der Waals surface area (Å²) >= 11 is 0. The van der Waals surface area contributed by atoms with Gasteiger partial charge in [-0.25, -0.2) is 13.1 Å². The van der Waals surface area contributed by atoms with Crippen molar-refractivity contribution >= 4 is 21.6 Å². The summed E-state index contributed by atoms with van der Waals surface area (Å²) < 4.78 is 34.1. The molecule has 0 spiro atoms. The second-order valence-electron chi connectivity index (χ2n) is 8.49. The largest absolute Gasteiger partial charge is 0.497 e. The number of carbonyl (C=O) groups excluding carboxylic acids is 1. The highest BCUT2D eigenvalue weighted by molar-refractivity contribution is 7.89. The molecule has 1 aliphatic rings. The highest BCUT2D eigenvalue weighted by Gasteiger charge is 2.29. The number of aromatic nitrogens is 2. The average Bonchev–Trinajstić information content (AvgIpc) is 3.40. The van der Waals surface area contributed by atoms with Gasteiger partial charge >= 0.3 is 0 Å². The van der Waals surface area contributed by atoms with E-state index in [0.717, 1.165) is 17.5 Å². The van der Waals surface area contributed by atoms with E-state index in [0.29, 0.717) is 41.3 Å². The maximum atomic E-state index is 13.2. The summed E-state index contributed by atoms with van der Waals surface area (Å²) in [4.78, 5) is 25.6. The predicted molar refractivity (Wildman–Crippen MR) is 133 cm³/mol. The van der Waals surface area contributed by atoms with Crippen LogP contribution in [0, 0.1) is 6.92 Å². The monoisotopic (exact) mass is 496 g/mol. The number of rotatable bonds is 7. The summed E-state index contributed by atoms with van der Waals surface area (Å²) in [7, 11) is -2.09. The molecule has 0 unspecified atom stereocenters. The third kappa shape index (κ3) is 5.13. The molecule has 2 aromatic carbocycles. The van der Waals surface area contributed by atoms with Crippen molar-refractivity contribution in [1.82, 2.24) is 14.1 Å². The van der Waals surface area contributed by atoms with Gasteiger partial charge in [0.15, 0.2) is 0 Å². The van der Waals surface area contributed by atoms with Crippen LogP contribution in [0.25, 0.3) is 11.3 Å². The van der Waals surface area contributed by atoms with Crippen molar-refractivity contribution in [3.8, 4) is 17.0 Å². The number of ether oxygens (including phenoxy) is 1. The van der Waals surface area contributed by atoms with Crippen molar-refractivity contribution in [2.45, 2.75) is 37.6 Å². The highest BCUT2D eigenvalue weighted by atomic mass is 32.2. The first-order valence-corrected chi connectivity index (χ1v) is 12.8. The third-order valence-corrected chi connectivity index (χ3v) is 8.12. The molecule has 184 valence electrons. The molecule has 0 aliphatic carbocycles. The molecule has 9 nitrogen and oxygen atoms in total. The first-order chi connectivity index (χ1) is 16.7. The minimum atomic E-state index is -3.63. The van der Waals surface area contributed by atoms with E-state index >= 15 is 0 Å². The van der Waals surface area contributed by atoms with Crippen LogP contribution in [0.15, 0.2) is 64.3 Å². The Morgan fingerprint density at radius 2 is 1.83 bits per heavy atom. The molecule has 1 amide bonds. The smallest absolute Gasteiger partial charge is 0.267 e. The van der Waals surface area contributed by atoms with Crippen molar-refractivity contribution in [1.29, 1.82) is 0 Å². The van der Waals surface area contributed by atoms with Crippen LogP contribution in [0.1, 0.15) is 31.4 Å². The summed E-state index contributed by atoms with van der Waals surface area (Å²) in [5, 5.41) is 7.17. The van der Waals surface area contributed by atoms with E-state index in [9.17, 15) is 18.0 Å². The molecule has 0 saturated carbocycles. The van der Waals surface area contributed by atoms with E-state index < -0.39 is 27.5 Å². The molecule has 10 heteroatoms. The fourth-order valence-corrected chi connectivity index (χ4v) is 5.79. The van der Waals surface area contributed by atoms with Crippen LogP contribution < -0.4 is 15.6 Å². The number of methoxy groups -OCH3 is 1. The Balaban J connectivity index is 1.64. The molecule has 1 aromatic heterocycles. The van der Waals surface area contributed by atoms with E-state index in [1.807, 2.05) is 0 Å². The van der Waals surface area contributed by atoms with Gasteiger partial charge in [0.2, 0.25) is 15.9 Å². The van der Waals surface area contributed by atoms with Gasteiger partial charge in [-0.3, -0.25) is 9.59 Å².